The van der Waals surface area contributed by atoms with E-state index in [1.165, 1.54) is 17.5 Å². The van der Waals surface area contributed by atoms with E-state index in [0.717, 1.165) is 18.6 Å². The molecule has 0 unspecified atom stereocenters. The molecule has 2 heteroatoms. The minimum absolute atomic E-state index is 0.583. The molecule has 1 aromatic carbocycles. The molecule has 0 saturated heterocycles. The quantitative estimate of drug-likeness (QED) is 0.678. The zero-order chi connectivity index (χ0) is 9.26. The molecule has 2 rings (SSSR count). The van der Waals surface area contributed by atoms with Crippen molar-refractivity contribution >= 4 is 0 Å². The van der Waals surface area contributed by atoms with Gasteiger partial charge in [0.05, 0.1) is 13.2 Å². The fourth-order valence-corrected chi connectivity index (χ4v) is 2.04. The van der Waals surface area contributed by atoms with Gasteiger partial charge in [0.1, 0.15) is 5.75 Å². The second-order valence-electron chi connectivity index (χ2n) is 3.71. The van der Waals surface area contributed by atoms with Crippen LogP contribution in [-0.2, 0) is 12.8 Å². The molecule has 0 radical (unpaired) electrons. The lowest BCUT2D eigenvalue weighted by Crippen LogP contribution is -2.62. The lowest BCUT2D eigenvalue weighted by Gasteiger charge is -2.20. The number of benzene rings is 1. The summed E-state index contributed by atoms with van der Waals surface area (Å²) in [5, 5.41) is 0. The number of rotatable bonds is 1. The zero-order valence-electron chi connectivity index (χ0n) is 8.05. The smallest absolute Gasteiger partial charge is 0.122 e. The van der Waals surface area contributed by atoms with Gasteiger partial charge in [-0.05, 0) is 23.6 Å². The maximum atomic E-state index is 5.33. The average Bonchev–Trinajstić information content (AvgIpc) is 2.16. The van der Waals surface area contributed by atoms with Gasteiger partial charge in [-0.15, -0.1) is 0 Å². The normalized spacial score (nSPS) is 20.9. The molecule has 70 valence electrons. The van der Waals surface area contributed by atoms with Crippen LogP contribution in [0.5, 0.6) is 5.75 Å². The first kappa shape index (κ1) is 8.57. The van der Waals surface area contributed by atoms with Gasteiger partial charge in [-0.2, -0.15) is 0 Å². The first-order valence-corrected chi connectivity index (χ1v) is 4.79. The summed E-state index contributed by atoms with van der Waals surface area (Å²) in [7, 11) is 1.74. The van der Waals surface area contributed by atoms with Crippen molar-refractivity contribution in [2.24, 2.45) is 0 Å². The van der Waals surface area contributed by atoms with Gasteiger partial charge in [-0.25, -0.2) is 0 Å². The third-order valence-electron chi connectivity index (χ3n) is 2.76. The van der Waals surface area contributed by atoms with Crippen LogP contribution in [0.3, 0.4) is 0 Å². The zero-order valence-corrected chi connectivity index (χ0v) is 8.05. The largest absolute Gasteiger partial charge is 0.496 e. The summed E-state index contributed by atoms with van der Waals surface area (Å²) in [6.45, 7) is 0. The summed E-state index contributed by atoms with van der Waals surface area (Å²) >= 11 is 0. The van der Waals surface area contributed by atoms with Gasteiger partial charge in [0.2, 0.25) is 0 Å². The standard InChI is InChI=1S/C11H15NO/c1-13-11-4-2-3-8-7-9(12)5-6-10(8)11/h2-4,9H,5-7,12H2,1H3/p+1/t9-/m1/s1. The van der Waals surface area contributed by atoms with E-state index < -0.39 is 0 Å². The molecule has 0 aromatic heterocycles. The first-order chi connectivity index (χ1) is 6.31. The Balaban J connectivity index is 2.39. The SMILES string of the molecule is COc1cccc2c1CC[C@@H]([NH3+])C2. The van der Waals surface area contributed by atoms with E-state index in [9.17, 15) is 0 Å². The van der Waals surface area contributed by atoms with Crippen LogP contribution in [0.15, 0.2) is 18.2 Å². The topological polar surface area (TPSA) is 36.9 Å². The van der Waals surface area contributed by atoms with Crippen molar-refractivity contribution in [3.05, 3.63) is 29.3 Å². The predicted octanol–water partition coefficient (Wildman–Crippen LogP) is 0.794. The van der Waals surface area contributed by atoms with Crippen LogP contribution < -0.4 is 10.5 Å². The van der Waals surface area contributed by atoms with Gasteiger partial charge in [0, 0.05) is 12.8 Å². The Hall–Kier alpha value is -1.02. The number of ether oxygens (including phenoxy) is 1. The van der Waals surface area contributed by atoms with Gasteiger partial charge in [0.25, 0.3) is 0 Å². The molecular weight excluding hydrogens is 162 g/mol. The number of quaternary nitrogens is 1. The van der Waals surface area contributed by atoms with Gasteiger partial charge >= 0.3 is 0 Å². The molecule has 0 fully saturated rings. The Morgan fingerprint density at radius 3 is 3.08 bits per heavy atom. The van der Waals surface area contributed by atoms with E-state index in [-0.39, 0.29) is 0 Å². The highest BCUT2D eigenvalue weighted by atomic mass is 16.5. The summed E-state index contributed by atoms with van der Waals surface area (Å²) in [6, 6.07) is 6.88. The lowest BCUT2D eigenvalue weighted by molar-refractivity contribution is -0.421. The molecule has 2 nitrogen and oxygen atoms in total. The Morgan fingerprint density at radius 1 is 1.46 bits per heavy atom. The molecule has 1 aromatic rings. The molecule has 13 heavy (non-hydrogen) atoms. The highest BCUT2D eigenvalue weighted by Crippen LogP contribution is 2.28. The van der Waals surface area contributed by atoms with Gasteiger partial charge in [-0.1, -0.05) is 12.1 Å². The number of methoxy groups -OCH3 is 1. The molecule has 0 spiro atoms. The van der Waals surface area contributed by atoms with Crippen LogP contribution in [-0.4, -0.2) is 13.2 Å². The van der Waals surface area contributed by atoms with Crippen LogP contribution in [0.25, 0.3) is 0 Å². The highest BCUT2D eigenvalue weighted by molar-refractivity contribution is 5.42. The summed E-state index contributed by atoms with van der Waals surface area (Å²) in [6.07, 6.45) is 3.41. The van der Waals surface area contributed by atoms with E-state index in [1.54, 1.807) is 7.11 Å². The van der Waals surface area contributed by atoms with Crippen molar-refractivity contribution in [1.29, 1.82) is 0 Å². The van der Waals surface area contributed by atoms with Crippen molar-refractivity contribution in [2.45, 2.75) is 25.3 Å². The average molecular weight is 178 g/mol. The van der Waals surface area contributed by atoms with Crippen LogP contribution in [0.4, 0.5) is 0 Å². The number of fused-ring (bicyclic) bond motifs is 1. The lowest BCUT2D eigenvalue weighted by atomic mass is 9.88. The molecule has 1 aliphatic rings. The number of hydrogen-bond acceptors (Lipinski definition) is 1. The Bertz CT molecular complexity index is 309. The fourth-order valence-electron chi connectivity index (χ4n) is 2.04. The molecule has 0 saturated carbocycles. The highest BCUT2D eigenvalue weighted by Gasteiger charge is 2.19. The fraction of sp³-hybridized carbons (Fsp3) is 0.455. The Morgan fingerprint density at radius 2 is 2.31 bits per heavy atom. The van der Waals surface area contributed by atoms with Crippen molar-refractivity contribution in [3.8, 4) is 5.75 Å². The molecule has 3 N–H and O–H groups in total. The van der Waals surface area contributed by atoms with E-state index in [1.807, 2.05) is 6.07 Å². The summed E-state index contributed by atoms with van der Waals surface area (Å²) in [5.41, 5.74) is 6.93. The second kappa shape index (κ2) is 3.38. The minimum Gasteiger partial charge on any atom is -0.496 e. The molecular formula is C11H16NO+. The van der Waals surface area contributed by atoms with Crippen LogP contribution in [0.2, 0.25) is 0 Å². The predicted molar refractivity (Wildman–Crippen MR) is 51.7 cm³/mol. The molecule has 0 bridgehead atoms. The monoisotopic (exact) mass is 178 g/mol. The minimum atomic E-state index is 0.583. The summed E-state index contributed by atoms with van der Waals surface area (Å²) in [5.74, 6) is 1.05. The first-order valence-electron chi connectivity index (χ1n) is 4.79. The maximum Gasteiger partial charge on any atom is 0.122 e. The molecule has 1 aliphatic carbocycles. The van der Waals surface area contributed by atoms with E-state index in [4.69, 9.17) is 4.74 Å². The van der Waals surface area contributed by atoms with Crippen LogP contribution in [0.1, 0.15) is 17.5 Å². The van der Waals surface area contributed by atoms with E-state index in [2.05, 4.69) is 17.9 Å². The van der Waals surface area contributed by atoms with Gasteiger partial charge in [-0.3, -0.25) is 0 Å². The van der Waals surface area contributed by atoms with Crippen molar-refractivity contribution in [2.75, 3.05) is 7.11 Å². The second-order valence-corrected chi connectivity index (χ2v) is 3.71. The number of hydrogen-bond donors (Lipinski definition) is 1. The third kappa shape index (κ3) is 1.54. The van der Waals surface area contributed by atoms with Crippen molar-refractivity contribution in [1.82, 2.24) is 0 Å². The Kier molecular flexibility index (Phi) is 2.23. The van der Waals surface area contributed by atoms with Gasteiger partial charge < -0.3 is 10.5 Å². The van der Waals surface area contributed by atoms with Gasteiger partial charge in [0.15, 0.2) is 0 Å². The molecule has 0 aliphatic heterocycles. The molecule has 0 heterocycles. The van der Waals surface area contributed by atoms with E-state index in [0.29, 0.717) is 6.04 Å². The van der Waals surface area contributed by atoms with Crippen LogP contribution >= 0.6 is 0 Å². The molecule has 0 amide bonds. The van der Waals surface area contributed by atoms with Crippen molar-refractivity contribution < 1.29 is 10.5 Å². The maximum absolute atomic E-state index is 5.33. The van der Waals surface area contributed by atoms with E-state index >= 15 is 0 Å². The Labute approximate surface area is 78.7 Å². The summed E-state index contributed by atoms with van der Waals surface area (Å²) in [4.78, 5) is 0. The molecule has 1 atom stereocenters. The third-order valence-corrected chi connectivity index (χ3v) is 2.76. The van der Waals surface area contributed by atoms with Crippen LogP contribution in [0, 0.1) is 0 Å². The van der Waals surface area contributed by atoms with Crippen molar-refractivity contribution in [3.63, 3.8) is 0 Å². The summed E-state index contributed by atoms with van der Waals surface area (Å²) < 4.78 is 5.33.